The molecule has 1 unspecified atom stereocenters. The highest BCUT2D eigenvalue weighted by molar-refractivity contribution is 5.91. The summed E-state index contributed by atoms with van der Waals surface area (Å²) in [7, 11) is 0. The quantitative estimate of drug-likeness (QED) is 0.329. The van der Waals surface area contributed by atoms with Crippen molar-refractivity contribution in [2.75, 3.05) is 32.9 Å². The Bertz CT molecular complexity index is 1240. The molecule has 0 radical (unpaired) electrons. The number of benzene rings is 3. The van der Waals surface area contributed by atoms with Crippen molar-refractivity contribution in [2.45, 2.75) is 56.1 Å². The number of hydrogen-bond acceptors (Lipinski definition) is 5. The van der Waals surface area contributed by atoms with Gasteiger partial charge in [-0.25, -0.2) is 4.79 Å². The van der Waals surface area contributed by atoms with Crippen LogP contribution in [0.25, 0.3) is 0 Å². The fraction of sp³-hybridized carbons (Fsp3) is 0.429. The number of morpholine rings is 1. The Balaban J connectivity index is 1.27. The molecule has 3 atom stereocenters. The van der Waals surface area contributed by atoms with E-state index in [0.29, 0.717) is 38.7 Å². The van der Waals surface area contributed by atoms with Gasteiger partial charge in [0.2, 0.25) is 5.91 Å². The Hall–Kier alpha value is -3.48. The van der Waals surface area contributed by atoms with E-state index in [0.717, 1.165) is 30.5 Å². The van der Waals surface area contributed by atoms with E-state index >= 15 is 0 Å². The largest absolute Gasteiger partial charge is 0.464 e. The first-order chi connectivity index (χ1) is 20.2. The SMILES string of the molecule is O=C(OCCC1CC1)[C@@H]1CC(N2CCOC[C@@H]2Cc2ccccc2)CN1C(=O)C(c1ccccc1)c1ccccc1. The third-order valence-electron chi connectivity index (χ3n) is 8.87. The van der Waals surface area contributed by atoms with Crippen molar-refractivity contribution in [3.63, 3.8) is 0 Å². The normalized spacial score (nSPS) is 23.0. The second kappa shape index (κ2) is 13.0. The van der Waals surface area contributed by atoms with E-state index < -0.39 is 12.0 Å². The number of nitrogens with zero attached hydrogens (tertiary/aromatic N) is 2. The van der Waals surface area contributed by atoms with Crippen LogP contribution in [-0.2, 0) is 25.5 Å². The molecule has 6 heteroatoms. The van der Waals surface area contributed by atoms with Crippen LogP contribution < -0.4 is 0 Å². The predicted molar refractivity (Wildman–Crippen MR) is 158 cm³/mol. The zero-order valence-corrected chi connectivity index (χ0v) is 23.6. The molecule has 3 aromatic carbocycles. The van der Waals surface area contributed by atoms with Crippen LogP contribution >= 0.6 is 0 Å². The van der Waals surface area contributed by atoms with E-state index in [2.05, 4.69) is 29.2 Å². The summed E-state index contributed by atoms with van der Waals surface area (Å²) in [6, 6.07) is 30.0. The molecular weight excluding hydrogens is 512 g/mol. The average molecular weight is 553 g/mol. The Morgan fingerprint density at radius 1 is 0.878 bits per heavy atom. The molecule has 2 aliphatic heterocycles. The standard InChI is InChI=1S/C35H40N2O4/c38-34(33(28-12-6-2-7-13-28)29-14-8-3-9-15-29)37-24-30(23-32(37)35(39)41-20-18-26-16-17-26)36-19-21-40-25-31(36)22-27-10-4-1-5-11-27/h1-15,26,30-33H,16-25H2/t30?,31-,32-/m0/s1. The number of amides is 1. The molecule has 3 aromatic rings. The van der Waals surface area contributed by atoms with E-state index in [1.165, 1.54) is 18.4 Å². The van der Waals surface area contributed by atoms with Gasteiger partial charge in [-0.15, -0.1) is 0 Å². The van der Waals surface area contributed by atoms with Gasteiger partial charge in [0.25, 0.3) is 0 Å². The number of hydrogen-bond donors (Lipinski definition) is 0. The number of carbonyl (C=O) groups is 2. The van der Waals surface area contributed by atoms with Gasteiger partial charge in [0, 0.05) is 25.2 Å². The highest BCUT2D eigenvalue weighted by atomic mass is 16.5. The number of likely N-dealkylation sites (tertiary alicyclic amines) is 1. The highest BCUT2D eigenvalue weighted by Gasteiger charge is 2.46. The summed E-state index contributed by atoms with van der Waals surface area (Å²) in [5.41, 5.74) is 3.13. The Morgan fingerprint density at radius 3 is 2.15 bits per heavy atom. The molecule has 1 aliphatic carbocycles. The van der Waals surface area contributed by atoms with Crippen molar-refractivity contribution in [2.24, 2.45) is 5.92 Å². The predicted octanol–water partition coefficient (Wildman–Crippen LogP) is 5.07. The lowest BCUT2D eigenvalue weighted by Crippen LogP contribution is -2.52. The second-order valence-electron chi connectivity index (χ2n) is 11.7. The maximum Gasteiger partial charge on any atom is 0.328 e. The highest BCUT2D eigenvalue weighted by Crippen LogP contribution is 2.35. The van der Waals surface area contributed by atoms with Gasteiger partial charge in [-0.05, 0) is 41.9 Å². The molecule has 214 valence electrons. The lowest BCUT2D eigenvalue weighted by atomic mass is 9.90. The number of rotatable bonds is 10. The summed E-state index contributed by atoms with van der Waals surface area (Å²) in [5.74, 6) is -0.108. The topological polar surface area (TPSA) is 59.1 Å². The summed E-state index contributed by atoms with van der Waals surface area (Å²) >= 11 is 0. The van der Waals surface area contributed by atoms with E-state index in [9.17, 15) is 9.59 Å². The van der Waals surface area contributed by atoms with Crippen molar-refractivity contribution in [3.8, 4) is 0 Å². The summed E-state index contributed by atoms with van der Waals surface area (Å²) in [6.45, 7) is 3.02. The lowest BCUT2D eigenvalue weighted by Gasteiger charge is -2.39. The van der Waals surface area contributed by atoms with Gasteiger partial charge < -0.3 is 14.4 Å². The number of ether oxygens (including phenoxy) is 2. The molecule has 0 aromatic heterocycles. The van der Waals surface area contributed by atoms with E-state index in [1.807, 2.05) is 71.6 Å². The van der Waals surface area contributed by atoms with Gasteiger partial charge in [0.15, 0.2) is 0 Å². The van der Waals surface area contributed by atoms with E-state index in [4.69, 9.17) is 9.47 Å². The van der Waals surface area contributed by atoms with Gasteiger partial charge in [0.1, 0.15) is 6.04 Å². The molecule has 41 heavy (non-hydrogen) atoms. The van der Waals surface area contributed by atoms with Crippen LogP contribution in [0.2, 0.25) is 0 Å². The minimum atomic E-state index is -0.596. The molecule has 2 saturated heterocycles. The van der Waals surface area contributed by atoms with Crippen LogP contribution in [-0.4, -0.2) is 72.7 Å². The van der Waals surface area contributed by atoms with Crippen molar-refractivity contribution in [1.29, 1.82) is 0 Å². The molecule has 0 N–H and O–H groups in total. The molecule has 0 bridgehead atoms. The van der Waals surface area contributed by atoms with Gasteiger partial charge in [-0.2, -0.15) is 0 Å². The van der Waals surface area contributed by atoms with Crippen LogP contribution in [0.3, 0.4) is 0 Å². The third-order valence-corrected chi connectivity index (χ3v) is 8.87. The Kier molecular flexibility index (Phi) is 8.78. The van der Waals surface area contributed by atoms with Crippen LogP contribution in [0.15, 0.2) is 91.0 Å². The first kappa shape index (κ1) is 27.7. The monoisotopic (exact) mass is 552 g/mol. The zero-order chi connectivity index (χ0) is 28.0. The van der Waals surface area contributed by atoms with E-state index in [1.54, 1.807) is 0 Å². The van der Waals surface area contributed by atoms with Gasteiger partial charge in [0.05, 0.1) is 25.7 Å². The molecule has 1 amide bonds. The van der Waals surface area contributed by atoms with Gasteiger partial charge >= 0.3 is 5.97 Å². The van der Waals surface area contributed by atoms with Crippen LogP contribution in [0.1, 0.15) is 48.3 Å². The van der Waals surface area contributed by atoms with E-state index in [-0.39, 0.29) is 24.0 Å². The molecular formula is C35H40N2O4. The molecule has 0 spiro atoms. The molecule has 6 rings (SSSR count). The minimum Gasteiger partial charge on any atom is -0.464 e. The second-order valence-corrected chi connectivity index (χ2v) is 11.7. The smallest absolute Gasteiger partial charge is 0.328 e. The van der Waals surface area contributed by atoms with Crippen LogP contribution in [0.4, 0.5) is 0 Å². The van der Waals surface area contributed by atoms with Crippen molar-refractivity contribution in [3.05, 3.63) is 108 Å². The molecule has 1 saturated carbocycles. The Labute approximate surface area is 243 Å². The first-order valence-corrected chi connectivity index (χ1v) is 15.1. The first-order valence-electron chi connectivity index (χ1n) is 15.1. The molecule has 3 aliphatic rings. The zero-order valence-electron chi connectivity index (χ0n) is 23.6. The fourth-order valence-corrected chi connectivity index (χ4v) is 6.50. The van der Waals surface area contributed by atoms with Gasteiger partial charge in [-0.1, -0.05) is 104 Å². The molecule has 2 heterocycles. The maximum absolute atomic E-state index is 14.5. The third kappa shape index (κ3) is 6.71. The van der Waals surface area contributed by atoms with Crippen molar-refractivity contribution < 1.29 is 19.1 Å². The number of carbonyl (C=O) groups excluding carboxylic acids is 2. The summed E-state index contributed by atoms with van der Waals surface area (Å²) in [6.07, 6.45) is 4.82. The van der Waals surface area contributed by atoms with Crippen molar-refractivity contribution in [1.82, 2.24) is 9.80 Å². The summed E-state index contributed by atoms with van der Waals surface area (Å²) in [5, 5.41) is 0. The molecule has 3 fully saturated rings. The fourth-order valence-electron chi connectivity index (χ4n) is 6.50. The van der Waals surface area contributed by atoms with Crippen LogP contribution in [0.5, 0.6) is 0 Å². The van der Waals surface area contributed by atoms with Gasteiger partial charge in [-0.3, -0.25) is 9.69 Å². The van der Waals surface area contributed by atoms with Crippen molar-refractivity contribution >= 4 is 11.9 Å². The minimum absolute atomic E-state index is 0.0399. The maximum atomic E-state index is 14.5. The summed E-state index contributed by atoms with van der Waals surface area (Å²) < 4.78 is 11.7. The van der Waals surface area contributed by atoms with Crippen LogP contribution in [0, 0.1) is 5.92 Å². The number of esters is 1. The molecule has 6 nitrogen and oxygen atoms in total. The summed E-state index contributed by atoms with van der Waals surface area (Å²) in [4.78, 5) is 32.4. The lowest BCUT2D eigenvalue weighted by molar-refractivity contribution is -0.153. The average Bonchev–Trinajstić information content (AvgIpc) is 3.74. The Morgan fingerprint density at radius 2 is 1.51 bits per heavy atom.